The normalized spacial score (nSPS) is 11.9. The van der Waals surface area contributed by atoms with E-state index in [-0.39, 0.29) is 16.3 Å². The number of rotatable bonds is 4. The highest BCUT2D eigenvalue weighted by molar-refractivity contribution is 6.33. The average molecular weight is 355 g/mol. The van der Waals surface area contributed by atoms with Crippen molar-refractivity contribution < 1.29 is 18.5 Å². The molecule has 0 spiro atoms. The topological polar surface area (TPSA) is 63.5 Å². The number of amides is 1. The highest BCUT2D eigenvalue weighted by Gasteiger charge is 2.23. The second-order valence-corrected chi connectivity index (χ2v) is 5.60. The lowest BCUT2D eigenvalue weighted by Crippen LogP contribution is -2.30. The zero-order valence-electron chi connectivity index (χ0n) is 12.8. The summed E-state index contributed by atoms with van der Waals surface area (Å²) in [5.41, 5.74) is 0.236. The van der Waals surface area contributed by atoms with Gasteiger partial charge in [0.2, 0.25) is 0 Å². The Morgan fingerprint density at radius 3 is 2.50 bits per heavy atom. The van der Waals surface area contributed by atoms with E-state index in [0.29, 0.717) is 5.56 Å². The predicted octanol–water partition coefficient (Wildman–Crippen LogP) is 4.36. The summed E-state index contributed by atoms with van der Waals surface area (Å²) in [6, 6.07) is 6.75. The Bertz CT molecular complexity index is 814. The smallest absolute Gasteiger partial charge is 0.269 e. The minimum Gasteiger partial charge on any atom is -0.335 e. The molecule has 0 aliphatic carbocycles. The Labute approximate surface area is 141 Å². The third-order valence-electron chi connectivity index (χ3n) is 3.71. The van der Waals surface area contributed by atoms with Crippen LogP contribution in [-0.4, -0.2) is 22.8 Å². The van der Waals surface area contributed by atoms with Crippen LogP contribution in [-0.2, 0) is 0 Å². The lowest BCUT2D eigenvalue weighted by molar-refractivity contribution is -0.384. The van der Waals surface area contributed by atoms with Crippen LogP contribution >= 0.6 is 11.6 Å². The third kappa shape index (κ3) is 3.51. The van der Waals surface area contributed by atoms with Crippen LogP contribution < -0.4 is 0 Å². The molecular formula is C16H13ClF2N2O3. The van der Waals surface area contributed by atoms with Gasteiger partial charge in [0.15, 0.2) is 11.6 Å². The number of nitro groups is 1. The van der Waals surface area contributed by atoms with Crippen LogP contribution in [0.5, 0.6) is 0 Å². The average Bonchev–Trinajstić information content (AvgIpc) is 2.56. The number of hydrogen-bond acceptors (Lipinski definition) is 3. The first kappa shape index (κ1) is 17.8. The van der Waals surface area contributed by atoms with Gasteiger partial charge < -0.3 is 4.90 Å². The van der Waals surface area contributed by atoms with E-state index in [1.165, 1.54) is 30.1 Å². The summed E-state index contributed by atoms with van der Waals surface area (Å²) >= 11 is 5.81. The summed E-state index contributed by atoms with van der Waals surface area (Å²) in [5.74, 6) is -2.96. The van der Waals surface area contributed by atoms with Gasteiger partial charge in [-0.15, -0.1) is 0 Å². The van der Waals surface area contributed by atoms with Crippen molar-refractivity contribution >= 4 is 23.2 Å². The summed E-state index contributed by atoms with van der Waals surface area (Å²) < 4.78 is 26.5. The number of halogens is 3. The van der Waals surface area contributed by atoms with Crippen molar-refractivity contribution in [1.82, 2.24) is 4.90 Å². The molecule has 2 rings (SSSR count). The highest BCUT2D eigenvalue weighted by atomic mass is 35.5. The van der Waals surface area contributed by atoms with Gasteiger partial charge in [0.05, 0.1) is 21.6 Å². The maximum absolute atomic E-state index is 13.4. The van der Waals surface area contributed by atoms with Gasteiger partial charge in [-0.05, 0) is 24.6 Å². The zero-order valence-corrected chi connectivity index (χ0v) is 13.6. The number of benzene rings is 2. The van der Waals surface area contributed by atoms with Crippen molar-refractivity contribution in [2.75, 3.05) is 7.05 Å². The van der Waals surface area contributed by atoms with Crippen LogP contribution in [0, 0.1) is 21.7 Å². The Morgan fingerprint density at radius 1 is 1.25 bits per heavy atom. The number of nitrogens with zero attached hydrogens (tertiary/aromatic N) is 2. The second-order valence-electron chi connectivity index (χ2n) is 5.19. The molecule has 2 aromatic carbocycles. The summed E-state index contributed by atoms with van der Waals surface area (Å²) in [7, 11) is 1.45. The standard InChI is InChI=1S/C16H13ClF2N2O3/c1-9(10-4-3-5-11(6-10)21(23)24)20(2)16(22)12-7-14(18)15(19)8-13(12)17/h3-9H,1-2H3. The summed E-state index contributed by atoms with van der Waals surface area (Å²) in [4.78, 5) is 24.0. The first-order valence-corrected chi connectivity index (χ1v) is 7.26. The van der Waals surface area contributed by atoms with Gasteiger partial charge in [-0.25, -0.2) is 8.78 Å². The van der Waals surface area contributed by atoms with E-state index in [1.807, 2.05) is 0 Å². The second kappa shape index (κ2) is 6.92. The van der Waals surface area contributed by atoms with Gasteiger partial charge in [0.1, 0.15) is 0 Å². The molecule has 0 aliphatic heterocycles. The van der Waals surface area contributed by atoms with Gasteiger partial charge in [-0.3, -0.25) is 14.9 Å². The SMILES string of the molecule is CC(c1cccc([N+](=O)[O-])c1)N(C)C(=O)c1cc(F)c(F)cc1Cl. The van der Waals surface area contributed by atoms with E-state index in [4.69, 9.17) is 11.6 Å². The Morgan fingerprint density at radius 2 is 1.88 bits per heavy atom. The minimum atomic E-state index is -1.18. The lowest BCUT2D eigenvalue weighted by Gasteiger charge is -2.25. The van der Waals surface area contributed by atoms with E-state index in [0.717, 1.165) is 12.1 Å². The molecule has 0 N–H and O–H groups in total. The molecule has 0 saturated heterocycles. The predicted molar refractivity (Wildman–Crippen MR) is 85.0 cm³/mol. The van der Waals surface area contributed by atoms with E-state index < -0.39 is 28.5 Å². The summed E-state index contributed by atoms with van der Waals surface area (Å²) in [6.45, 7) is 1.66. The van der Waals surface area contributed by atoms with E-state index in [9.17, 15) is 23.7 Å². The van der Waals surface area contributed by atoms with E-state index in [2.05, 4.69) is 0 Å². The Hall–Kier alpha value is -2.54. The van der Waals surface area contributed by atoms with Crippen molar-refractivity contribution in [3.63, 3.8) is 0 Å². The number of carbonyl (C=O) groups is 1. The fraction of sp³-hybridized carbons (Fsp3) is 0.188. The maximum Gasteiger partial charge on any atom is 0.269 e. The summed E-state index contributed by atoms with van der Waals surface area (Å²) in [6.07, 6.45) is 0. The third-order valence-corrected chi connectivity index (χ3v) is 4.02. The molecule has 24 heavy (non-hydrogen) atoms. The zero-order chi connectivity index (χ0) is 18.0. The monoisotopic (exact) mass is 354 g/mol. The highest BCUT2D eigenvalue weighted by Crippen LogP contribution is 2.27. The maximum atomic E-state index is 13.4. The van der Waals surface area contributed by atoms with Gasteiger partial charge in [0, 0.05) is 19.2 Å². The van der Waals surface area contributed by atoms with Crippen molar-refractivity contribution in [2.45, 2.75) is 13.0 Å². The molecule has 0 radical (unpaired) electrons. The van der Waals surface area contributed by atoms with Crippen molar-refractivity contribution in [2.24, 2.45) is 0 Å². The van der Waals surface area contributed by atoms with Crippen LogP contribution in [0.3, 0.4) is 0 Å². The van der Waals surface area contributed by atoms with E-state index in [1.54, 1.807) is 13.0 Å². The van der Waals surface area contributed by atoms with Crippen molar-refractivity contribution in [3.8, 4) is 0 Å². The lowest BCUT2D eigenvalue weighted by atomic mass is 10.1. The molecule has 126 valence electrons. The molecule has 8 heteroatoms. The van der Waals surface area contributed by atoms with Crippen LogP contribution in [0.15, 0.2) is 36.4 Å². The molecule has 2 aromatic rings. The number of nitro benzene ring substituents is 1. The Kier molecular flexibility index (Phi) is 5.14. The molecule has 0 saturated carbocycles. The molecule has 1 unspecified atom stereocenters. The first-order valence-electron chi connectivity index (χ1n) is 6.88. The molecule has 0 aliphatic rings. The van der Waals surface area contributed by atoms with Gasteiger partial charge >= 0.3 is 0 Å². The fourth-order valence-corrected chi connectivity index (χ4v) is 2.41. The van der Waals surface area contributed by atoms with Crippen LogP contribution in [0.4, 0.5) is 14.5 Å². The van der Waals surface area contributed by atoms with E-state index >= 15 is 0 Å². The number of non-ortho nitro benzene ring substituents is 1. The fourth-order valence-electron chi connectivity index (χ4n) is 2.17. The number of carbonyl (C=O) groups excluding carboxylic acids is 1. The van der Waals surface area contributed by atoms with Crippen LogP contribution in [0.25, 0.3) is 0 Å². The largest absolute Gasteiger partial charge is 0.335 e. The van der Waals surface area contributed by atoms with Crippen molar-refractivity contribution in [3.05, 3.63) is 74.3 Å². The molecule has 1 amide bonds. The molecule has 0 heterocycles. The van der Waals surface area contributed by atoms with Gasteiger partial charge in [-0.2, -0.15) is 0 Å². The quantitative estimate of drug-likeness (QED) is 0.465. The minimum absolute atomic E-state index is 0.106. The molecule has 0 aromatic heterocycles. The first-order chi connectivity index (χ1) is 11.2. The molecule has 5 nitrogen and oxygen atoms in total. The molecule has 0 bridgehead atoms. The molecule has 1 atom stereocenters. The van der Waals surface area contributed by atoms with Crippen molar-refractivity contribution in [1.29, 1.82) is 0 Å². The number of hydrogen-bond donors (Lipinski definition) is 0. The Balaban J connectivity index is 2.32. The van der Waals surface area contributed by atoms with Crippen LogP contribution in [0.1, 0.15) is 28.9 Å². The molecular weight excluding hydrogens is 342 g/mol. The van der Waals surface area contributed by atoms with Gasteiger partial charge in [0.25, 0.3) is 11.6 Å². The van der Waals surface area contributed by atoms with Crippen LogP contribution in [0.2, 0.25) is 5.02 Å². The van der Waals surface area contributed by atoms with Gasteiger partial charge in [-0.1, -0.05) is 23.7 Å². The summed E-state index contributed by atoms with van der Waals surface area (Å²) in [5, 5.41) is 10.6. The molecule has 0 fully saturated rings.